The fourth-order valence-corrected chi connectivity index (χ4v) is 32.3. The van der Waals surface area contributed by atoms with Gasteiger partial charge in [0, 0.05) is 0 Å². The zero-order valence-corrected chi connectivity index (χ0v) is 33.7. The minimum absolute atomic E-state index is 0.103. The van der Waals surface area contributed by atoms with E-state index in [9.17, 15) is 9.59 Å². The van der Waals surface area contributed by atoms with Gasteiger partial charge in [0.25, 0.3) is 0 Å². The zero-order chi connectivity index (χ0) is 30.0. The molecule has 0 aliphatic heterocycles. The summed E-state index contributed by atoms with van der Waals surface area (Å²) in [7, 11) is 0. The van der Waals surface area contributed by atoms with E-state index in [0.717, 1.165) is 38.5 Å². The number of hydrogen-bond donors (Lipinski definition) is 0. The molecule has 4 nitrogen and oxygen atoms in total. The standard InChI is InChI=1S/C10H18O4.6C4H9.2Sn/c11-9(12)7-5-3-1-2-4-6-8-10(13)14;6*1-3-4-2;;/h1-8H2,(H,11,12)(H,13,14);6*1,3-4H2,2H3;;/q;;;;;;;2*+1/p-2. The van der Waals surface area contributed by atoms with Gasteiger partial charge in [-0.25, -0.2) is 0 Å². The van der Waals surface area contributed by atoms with E-state index in [1.54, 1.807) is 0 Å². The monoisotopic (exact) mass is 782 g/mol. The molecule has 6 heteroatoms. The molecule has 0 radical (unpaired) electrons. The first-order chi connectivity index (χ1) is 19.4. The Morgan fingerprint density at radius 1 is 0.375 bits per heavy atom. The Morgan fingerprint density at radius 3 is 0.825 bits per heavy atom. The molecule has 0 N–H and O–H groups in total. The summed E-state index contributed by atoms with van der Waals surface area (Å²) in [6, 6.07) is 0. The topological polar surface area (TPSA) is 52.6 Å². The Labute approximate surface area is 260 Å². The van der Waals surface area contributed by atoms with Gasteiger partial charge in [-0.15, -0.1) is 0 Å². The molecule has 0 bridgehead atoms. The molecule has 0 atom stereocenters. The van der Waals surface area contributed by atoms with Gasteiger partial charge >= 0.3 is 262 Å². The first-order valence-corrected chi connectivity index (χ1v) is 32.2. The maximum absolute atomic E-state index is 12.9. The third-order valence-electron chi connectivity index (χ3n) is 8.59. The SMILES string of the molecule is CCC[CH2][Sn]([CH2]CCC)([CH2]CCC)[O]C(=O)CCCCCCCCC(=O)[O][Sn]([CH2]CCC)([CH2]CCC)[CH2]CCC. The van der Waals surface area contributed by atoms with Gasteiger partial charge in [-0.2, -0.15) is 0 Å². The van der Waals surface area contributed by atoms with Crippen LogP contribution in [0.3, 0.4) is 0 Å². The molecular weight excluding hydrogens is 710 g/mol. The van der Waals surface area contributed by atoms with E-state index < -0.39 is 37.6 Å². The summed E-state index contributed by atoms with van der Waals surface area (Å²) in [5.41, 5.74) is 0. The molecular formula is C34H70O4Sn2. The number of unbranched alkanes of at least 4 members (excludes halogenated alkanes) is 11. The molecule has 0 rings (SSSR count). The molecule has 0 aromatic rings. The number of hydrogen-bond acceptors (Lipinski definition) is 4. The molecule has 0 fully saturated rings. The molecule has 0 saturated carbocycles. The van der Waals surface area contributed by atoms with Crippen molar-refractivity contribution in [2.75, 3.05) is 0 Å². The zero-order valence-electron chi connectivity index (χ0n) is 28.0. The van der Waals surface area contributed by atoms with Gasteiger partial charge in [0.1, 0.15) is 0 Å². The van der Waals surface area contributed by atoms with Crippen molar-refractivity contribution < 1.29 is 15.7 Å². The Hall–Kier alpha value is 0.537. The van der Waals surface area contributed by atoms with Crippen molar-refractivity contribution in [3.05, 3.63) is 0 Å². The van der Waals surface area contributed by atoms with Crippen molar-refractivity contribution in [3.63, 3.8) is 0 Å². The maximum atomic E-state index is 12.9. The summed E-state index contributed by atoms with van der Waals surface area (Å²) in [6.07, 6.45) is 22.1. The van der Waals surface area contributed by atoms with E-state index in [2.05, 4.69) is 41.5 Å². The van der Waals surface area contributed by atoms with Gasteiger partial charge in [0.2, 0.25) is 0 Å². The van der Waals surface area contributed by atoms with Crippen LogP contribution in [0, 0.1) is 0 Å². The average Bonchev–Trinajstić information content (AvgIpc) is 2.95. The second-order valence-corrected chi connectivity index (χ2v) is 35.8. The van der Waals surface area contributed by atoms with Crippen molar-refractivity contribution in [2.45, 2.75) is 197 Å². The molecule has 0 aliphatic carbocycles. The van der Waals surface area contributed by atoms with Gasteiger partial charge in [0.05, 0.1) is 0 Å². The summed E-state index contributed by atoms with van der Waals surface area (Å²) in [5, 5.41) is 0. The van der Waals surface area contributed by atoms with Crippen molar-refractivity contribution in [1.29, 1.82) is 0 Å². The first kappa shape index (κ1) is 40.5. The normalized spacial score (nSPS) is 12.1. The fourth-order valence-electron chi connectivity index (χ4n) is 5.88. The van der Waals surface area contributed by atoms with Gasteiger partial charge in [0.15, 0.2) is 0 Å². The predicted octanol–water partition coefficient (Wildman–Crippen LogP) is 11.9. The summed E-state index contributed by atoms with van der Waals surface area (Å²) < 4.78 is 20.2. The molecule has 0 amide bonds. The van der Waals surface area contributed by atoms with Gasteiger partial charge < -0.3 is 0 Å². The van der Waals surface area contributed by atoms with E-state index >= 15 is 0 Å². The summed E-state index contributed by atoms with van der Waals surface area (Å²) in [6.45, 7) is 13.5. The summed E-state index contributed by atoms with van der Waals surface area (Å²) in [5.74, 6) is 0.205. The van der Waals surface area contributed by atoms with Crippen LogP contribution >= 0.6 is 0 Å². The van der Waals surface area contributed by atoms with Crippen molar-refractivity contribution >= 4 is 49.5 Å². The van der Waals surface area contributed by atoms with Gasteiger partial charge in [-0.05, 0) is 0 Å². The average molecular weight is 780 g/mol. The molecule has 0 unspecified atom stereocenters. The van der Waals surface area contributed by atoms with E-state index in [1.165, 1.54) is 104 Å². The van der Waals surface area contributed by atoms with E-state index in [4.69, 9.17) is 6.15 Å². The Balaban J connectivity index is 4.45. The molecule has 0 saturated heterocycles. The first-order valence-electron chi connectivity index (χ1n) is 17.8. The Kier molecular flexibility index (Phi) is 27.5. The number of carbonyl (C=O) groups is 2. The molecule has 40 heavy (non-hydrogen) atoms. The second-order valence-electron chi connectivity index (χ2n) is 12.6. The second kappa shape index (κ2) is 27.1. The van der Waals surface area contributed by atoms with Crippen molar-refractivity contribution in [3.8, 4) is 0 Å². The number of rotatable bonds is 29. The molecule has 0 aliphatic rings. The van der Waals surface area contributed by atoms with Crippen LogP contribution in [-0.4, -0.2) is 49.5 Å². The van der Waals surface area contributed by atoms with E-state index in [0.29, 0.717) is 12.8 Å². The summed E-state index contributed by atoms with van der Waals surface area (Å²) >= 11 is -5.65. The predicted molar refractivity (Wildman–Crippen MR) is 179 cm³/mol. The van der Waals surface area contributed by atoms with Crippen LogP contribution in [0.1, 0.15) is 170 Å². The van der Waals surface area contributed by atoms with Crippen LogP contribution in [-0.2, 0) is 15.7 Å². The van der Waals surface area contributed by atoms with Crippen LogP contribution in [0.4, 0.5) is 0 Å². The molecule has 0 spiro atoms. The Morgan fingerprint density at radius 2 is 0.600 bits per heavy atom. The minimum atomic E-state index is -2.82. The van der Waals surface area contributed by atoms with Crippen LogP contribution in [0.15, 0.2) is 0 Å². The molecule has 0 aromatic heterocycles. The van der Waals surface area contributed by atoms with Crippen LogP contribution in [0.5, 0.6) is 0 Å². The van der Waals surface area contributed by atoms with Gasteiger partial charge in [-0.1, -0.05) is 0 Å². The Bertz CT molecular complexity index is 515. The van der Waals surface area contributed by atoms with Gasteiger partial charge in [-0.3, -0.25) is 0 Å². The molecule has 238 valence electrons. The quantitative estimate of drug-likeness (QED) is 0.0560. The molecule has 0 aromatic carbocycles. The fraction of sp³-hybridized carbons (Fsp3) is 0.941. The summed E-state index contributed by atoms with van der Waals surface area (Å²) in [4.78, 5) is 25.7. The van der Waals surface area contributed by atoms with Crippen LogP contribution in [0.2, 0.25) is 26.6 Å². The third kappa shape index (κ3) is 20.4. The number of carbonyl (C=O) groups excluding carboxylic acids is 2. The van der Waals surface area contributed by atoms with E-state index in [-0.39, 0.29) is 11.9 Å². The van der Waals surface area contributed by atoms with Crippen molar-refractivity contribution in [1.82, 2.24) is 0 Å². The molecule has 0 heterocycles. The van der Waals surface area contributed by atoms with Crippen LogP contribution in [0.25, 0.3) is 0 Å². The third-order valence-corrected chi connectivity index (χ3v) is 34.0. The van der Waals surface area contributed by atoms with Crippen molar-refractivity contribution in [2.24, 2.45) is 0 Å². The van der Waals surface area contributed by atoms with E-state index in [1.807, 2.05) is 0 Å². The van der Waals surface area contributed by atoms with Crippen LogP contribution < -0.4 is 0 Å².